The van der Waals surface area contributed by atoms with Gasteiger partial charge in [-0.2, -0.15) is 0 Å². The van der Waals surface area contributed by atoms with Crippen molar-refractivity contribution in [3.05, 3.63) is 63.3 Å². The lowest BCUT2D eigenvalue weighted by molar-refractivity contribution is -0.141. The zero-order valence-corrected chi connectivity index (χ0v) is 17.2. The highest BCUT2D eigenvalue weighted by molar-refractivity contribution is 6.37. The van der Waals surface area contributed by atoms with Gasteiger partial charge in [0.15, 0.2) is 0 Å². The lowest BCUT2D eigenvalue weighted by atomic mass is 9.72. The molecule has 2 aromatic carbocycles. The molecule has 1 aromatic heterocycles. The highest BCUT2D eigenvalue weighted by Gasteiger charge is 2.38. The van der Waals surface area contributed by atoms with E-state index in [-0.39, 0.29) is 22.6 Å². The number of phenolic OH excluding ortho intramolecular Hbond substituents is 1. The minimum atomic E-state index is -0.949. The Balaban J connectivity index is 2.00. The number of carboxylic acid groups (broad SMARTS) is 1. The van der Waals surface area contributed by atoms with Crippen molar-refractivity contribution in [1.82, 2.24) is 4.57 Å². The monoisotopic (exact) mass is 431 g/mol. The second kappa shape index (κ2) is 7.39. The normalized spacial score (nSPS) is 15.3. The molecule has 1 aliphatic rings. The average molecular weight is 432 g/mol. The van der Waals surface area contributed by atoms with E-state index in [0.717, 1.165) is 19.3 Å². The van der Waals surface area contributed by atoms with Crippen LogP contribution in [0.3, 0.4) is 0 Å². The van der Waals surface area contributed by atoms with Crippen LogP contribution in [0.25, 0.3) is 10.9 Å². The molecule has 3 aromatic rings. The van der Waals surface area contributed by atoms with Gasteiger partial charge in [0.25, 0.3) is 5.91 Å². The molecule has 29 heavy (non-hydrogen) atoms. The summed E-state index contributed by atoms with van der Waals surface area (Å²) in [6.07, 6.45) is 2.60. The number of phenols is 1. The van der Waals surface area contributed by atoms with Crippen molar-refractivity contribution in [2.75, 3.05) is 0 Å². The highest BCUT2D eigenvalue weighted by atomic mass is 35.5. The molecular formula is C22H19Cl2NO4. The number of rotatable bonds is 4. The number of hydrogen-bond acceptors (Lipinski definition) is 3. The van der Waals surface area contributed by atoms with Gasteiger partial charge in [-0.1, -0.05) is 29.6 Å². The summed E-state index contributed by atoms with van der Waals surface area (Å²) in [7, 11) is 0. The summed E-state index contributed by atoms with van der Waals surface area (Å²) < 4.78 is 1.48. The molecule has 2 N–H and O–H groups in total. The number of carboxylic acids is 1. The average Bonchev–Trinajstić information content (AvgIpc) is 2.93. The van der Waals surface area contributed by atoms with Crippen molar-refractivity contribution in [3.63, 3.8) is 0 Å². The molecule has 0 spiro atoms. The molecular weight excluding hydrogens is 413 g/mol. The fourth-order valence-corrected chi connectivity index (χ4v) is 4.56. The topological polar surface area (TPSA) is 79.5 Å². The first-order chi connectivity index (χ1) is 13.8. The van der Waals surface area contributed by atoms with Crippen molar-refractivity contribution in [2.45, 2.75) is 32.1 Å². The van der Waals surface area contributed by atoms with Gasteiger partial charge in [-0.3, -0.25) is 14.2 Å². The van der Waals surface area contributed by atoms with Crippen molar-refractivity contribution in [3.8, 4) is 5.75 Å². The number of carbonyl (C=O) groups is 2. The fraction of sp³-hybridized carbons (Fsp3) is 0.273. The molecule has 1 unspecified atom stereocenters. The Labute approximate surface area is 177 Å². The molecule has 0 radical (unpaired) electrons. The summed E-state index contributed by atoms with van der Waals surface area (Å²) in [6, 6.07) is 9.52. The van der Waals surface area contributed by atoms with Gasteiger partial charge in [-0.05, 0) is 67.6 Å². The van der Waals surface area contributed by atoms with E-state index in [1.54, 1.807) is 37.3 Å². The van der Waals surface area contributed by atoms with Crippen LogP contribution in [0.15, 0.2) is 36.4 Å². The number of nitrogens with zero attached hydrogens (tertiary/aromatic N) is 1. The molecule has 1 saturated carbocycles. The van der Waals surface area contributed by atoms with E-state index in [0.29, 0.717) is 32.7 Å². The molecule has 1 heterocycles. The number of aromatic hydroxyl groups is 1. The van der Waals surface area contributed by atoms with Gasteiger partial charge in [0.2, 0.25) is 0 Å². The first-order valence-corrected chi connectivity index (χ1v) is 10.1. The first kappa shape index (κ1) is 19.8. The zero-order chi connectivity index (χ0) is 20.9. The van der Waals surface area contributed by atoms with Crippen LogP contribution in [0.1, 0.15) is 46.8 Å². The molecule has 4 rings (SSSR count). The van der Waals surface area contributed by atoms with Crippen LogP contribution in [0.2, 0.25) is 10.0 Å². The van der Waals surface area contributed by atoms with Gasteiger partial charge in [-0.15, -0.1) is 0 Å². The summed E-state index contributed by atoms with van der Waals surface area (Å²) in [5.74, 6) is -2.21. The minimum absolute atomic E-state index is 0.0192. The number of aliphatic carboxylic acids is 1. The van der Waals surface area contributed by atoms with E-state index >= 15 is 0 Å². The number of fused-ring (bicyclic) bond motifs is 1. The third-order valence-corrected chi connectivity index (χ3v) is 6.46. The quantitative estimate of drug-likeness (QED) is 0.561. The molecule has 0 bridgehead atoms. The number of benzene rings is 2. The smallest absolute Gasteiger partial charge is 0.311 e. The standard InChI is InChI=1S/C22H19Cl2NO4/c1-11-17(18(22(28)29)12-3-2-4-12)19-15(9-10-16(26)20(19)24)25(11)21(27)13-5-7-14(23)8-6-13/h5-10,12,18,26H,2-4H2,1H3,(H,28,29). The Hall–Kier alpha value is -2.50. The summed E-state index contributed by atoms with van der Waals surface area (Å²) in [6.45, 7) is 1.73. The maximum Gasteiger partial charge on any atom is 0.311 e. The number of hydrogen-bond donors (Lipinski definition) is 2. The summed E-state index contributed by atoms with van der Waals surface area (Å²) in [4.78, 5) is 25.5. The number of carbonyl (C=O) groups excluding carboxylic acids is 1. The van der Waals surface area contributed by atoms with Crippen LogP contribution in [0.5, 0.6) is 5.75 Å². The molecule has 1 atom stereocenters. The van der Waals surface area contributed by atoms with Crippen molar-refractivity contribution in [2.24, 2.45) is 5.92 Å². The Morgan fingerprint density at radius 1 is 1.10 bits per heavy atom. The lowest BCUT2D eigenvalue weighted by Gasteiger charge is -2.31. The van der Waals surface area contributed by atoms with Crippen LogP contribution in [0.4, 0.5) is 0 Å². The first-order valence-electron chi connectivity index (χ1n) is 9.36. The van der Waals surface area contributed by atoms with Gasteiger partial charge in [0.1, 0.15) is 5.75 Å². The van der Waals surface area contributed by atoms with Crippen LogP contribution >= 0.6 is 23.2 Å². The predicted molar refractivity (Wildman–Crippen MR) is 112 cm³/mol. The summed E-state index contributed by atoms with van der Waals surface area (Å²) in [5.41, 5.74) is 1.92. The minimum Gasteiger partial charge on any atom is -0.506 e. The van der Waals surface area contributed by atoms with Gasteiger partial charge >= 0.3 is 5.97 Å². The number of halogens is 2. The second-order valence-corrected chi connectivity index (χ2v) is 8.26. The van der Waals surface area contributed by atoms with E-state index < -0.39 is 11.9 Å². The SMILES string of the molecule is Cc1c(C(C(=O)O)C2CCC2)c2c(Cl)c(O)ccc2n1C(=O)c1ccc(Cl)cc1. The van der Waals surface area contributed by atoms with E-state index in [9.17, 15) is 19.8 Å². The molecule has 5 nitrogen and oxygen atoms in total. The van der Waals surface area contributed by atoms with Gasteiger partial charge in [0, 0.05) is 21.7 Å². The molecule has 1 aliphatic carbocycles. The van der Waals surface area contributed by atoms with Gasteiger partial charge in [0.05, 0.1) is 16.5 Å². The zero-order valence-electron chi connectivity index (χ0n) is 15.7. The van der Waals surface area contributed by atoms with E-state index in [1.807, 2.05) is 0 Å². The van der Waals surface area contributed by atoms with Crippen LogP contribution in [-0.2, 0) is 4.79 Å². The number of aromatic nitrogens is 1. The van der Waals surface area contributed by atoms with E-state index in [4.69, 9.17) is 23.2 Å². The largest absolute Gasteiger partial charge is 0.506 e. The van der Waals surface area contributed by atoms with Crippen molar-refractivity contribution < 1.29 is 19.8 Å². The van der Waals surface area contributed by atoms with Crippen molar-refractivity contribution >= 4 is 46.0 Å². The van der Waals surface area contributed by atoms with Gasteiger partial charge < -0.3 is 10.2 Å². The van der Waals surface area contributed by atoms with Crippen molar-refractivity contribution in [1.29, 1.82) is 0 Å². The molecule has 0 saturated heterocycles. The van der Waals surface area contributed by atoms with Crippen LogP contribution in [-0.4, -0.2) is 26.7 Å². The van der Waals surface area contributed by atoms with Crippen LogP contribution < -0.4 is 0 Å². The second-order valence-electron chi connectivity index (χ2n) is 7.45. The third-order valence-electron chi connectivity index (χ3n) is 5.83. The van der Waals surface area contributed by atoms with E-state index in [2.05, 4.69) is 0 Å². The summed E-state index contributed by atoms with van der Waals surface area (Å²) in [5, 5.41) is 21.2. The molecule has 0 aliphatic heterocycles. The lowest BCUT2D eigenvalue weighted by Crippen LogP contribution is -2.27. The Bertz CT molecular complexity index is 1130. The summed E-state index contributed by atoms with van der Waals surface area (Å²) >= 11 is 12.4. The molecule has 7 heteroatoms. The van der Waals surface area contributed by atoms with E-state index in [1.165, 1.54) is 10.6 Å². The van der Waals surface area contributed by atoms with Gasteiger partial charge in [-0.25, -0.2) is 0 Å². The maximum atomic E-state index is 13.3. The Kier molecular flexibility index (Phi) is 5.05. The predicted octanol–water partition coefficient (Wildman–Crippen LogP) is 5.62. The molecule has 1 fully saturated rings. The third kappa shape index (κ3) is 3.18. The molecule has 150 valence electrons. The Morgan fingerprint density at radius 3 is 2.31 bits per heavy atom. The fourth-order valence-electron chi connectivity index (χ4n) is 4.18. The Morgan fingerprint density at radius 2 is 1.76 bits per heavy atom. The highest BCUT2D eigenvalue weighted by Crippen LogP contribution is 2.47. The van der Waals surface area contributed by atoms with Crippen LogP contribution in [0, 0.1) is 12.8 Å². The maximum absolute atomic E-state index is 13.3. The molecule has 0 amide bonds.